The molecule has 0 aromatic rings. The molecule has 0 saturated carbocycles. The van der Waals surface area contributed by atoms with Gasteiger partial charge in [-0.2, -0.15) is 0 Å². The number of carbonyl (C=O) groups excluding carboxylic acids is 1. The zero-order valence-electron chi connectivity index (χ0n) is 17.2. The van der Waals surface area contributed by atoms with Crippen molar-refractivity contribution in [1.29, 1.82) is 0 Å². The number of rotatable bonds is 12. The van der Waals surface area contributed by atoms with Gasteiger partial charge in [0.05, 0.1) is 4.91 Å². The van der Waals surface area contributed by atoms with Crippen LogP contribution in [-0.2, 0) is 14.8 Å². The number of sulfonamides is 1. The van der Waals surface area contributed by atoms with Crippen LogP contribution in [0.5, 0.6) is 0 Å². The minimum atomic E-state index is -3.62. The average molecular weight is 385 g/mol. The fourth-order valence-corrected chi connectivity index (χ4v) is 3.37. The lowest BCUT2D eigenvalue weighted by Gasteiger charge is -2.18. The summed E-state index contributed by atoms with van der Waals surface area (Å²) in [5, 5.41) is 2.83. The van der Waals surface area contributed by atoms with Crippen molar-refractivity contribution in [1.82, 2.24) is 9.62 Å². The first-order valence-corrected chi connectivity index (χ1v) is 10.6. The van der Waals surface area contributed by atoms with Gasteiger partial charge in [-0.1, -0.05) is 47.8 Å². The molecule has 0 heterocycles. The summed E-state index contributed by atoms with van der Waals surface area (Å²) in [6.45, 7) is 18.8. The molecular formula is C20H36N2O3S. The van der Waals surface area contributed by atoms with Crippen molar-refractivity contribution in [3.05, 3.63) is 35.8 Å². The van der Waals surface area contributed by atoms with Crippen molar-refractivity contribution in [2.75, 3.05) is 20.1 Å². The van der Waals surface area contributed by atoms with Gasteiger partial charge in [0.2, 0.25) is 10.0 Å². The van der Waals surface area contributed by atoms with E-state index in [0.717, 1.165) is 12.8 Å². The monoisotopic (exact) mass is 384 g/mol. The molecule has 5 nitrogen and oxygen atoms in total. The fraction of sp³-hybridized carbons (Fsp3) is 0.650. The molecule has 0 bridgehead atoms. The van der Waals surface area contributed by atoms with E-state index in [1.807, 2.05) is 13.8 Å². The maximum absolute atomic E-state index is 12.4. The predicted octanol–water partition coefficient (Wildman–Crippen LogP) is 3.72. The van der Waals surface area contributed by atoms with Gasteiger partial charge in [-0.25, -0.2) is 12.7 Å². The Kier molecular flexibility index (Phi) is 10.7. The number of hydrogen-bond acceptors (Lipinski definition) is 3. The molecule has 0 aromatic carbocycles. The predicted molar refractivity (Wildman–Crippen MR) is 110 cm³/mol. The van der Waals surface area contributed by atoms with Gasteiger partial charge in [0.25, 0.3) is 5.91 Å². The summed E-state index contributed by atoms with van der Waals surface area (Å²) in [5.74, 6) is 1.07. The molecule has 0 aliphatic carbocycles. The van der Waals surface area contributed by atoms with Gasteiger partial charge in [0, 0.05) is 25.7 Å². The van der Waals surface area contributed by atoms with Gasteiger partial charge < -0.3 is 5.32 Å². The highest BCUT2D eigenvalue weighted by Crippen LogP contribution is 2.14. The number of amides is 1. The first kappa shape index (κ1) is 24.6. The zero-order chi connectivity index (χ0) is 20.5. The summed E-state index contributed by atoms with van der Waals surface area (Å²) in [7, 11) is -2.08. The Morgan fingerprint density at radius 2 is 1.65 bits per heavy atom. The molecule has 1 N–H and O–H groups in total. The van der Waals surface area contributed by atoms with Gasteiger partial charge in [-0.15, -0.1) is 0 Å². The smallest absolute Gasteiger partial charge is 0.250 e. The Morgan fingerprint density at radius 1 is 1.08 bits per heavy atom. The van der Waals surface area contributed by atoms with Gasteiger partial charge >= 0.3 is 0 Å². The molecule has 0 fully saturated rings. The molecule has 0 aliphatic rings. The third kappa shape index (κ3) is 9.34. The normalized spacial score (nSPS) is 13.6. The second-order valence-corrected chi connectivity index (χ2v) is 9.88. The Balaban J connectivity index is 4.65. The van der Waals surface area contributed by atoms with E-state index in [1.165, 1.54) is 23.5 Å². The zero-order valence-corrected chi connectivity index (χ0v) is 18.0. The highest BCUT2D eigenvalue weighted by molar-refractivity contribution is 7.93. The van der Waals surface area contributed by atoms with E-state index in [2.05, 4.69) is 39.2 Å². The lowest BCUT2D eigenvalue weighted by atomic mass is 9.99. The second kappa shape index (κ2) is 11.3. The largest absolute Gasteiger partial charge is 0.352 e. The Bertz CT molecular complexity index is 619. The van der Waals surface area contributed by atoms with E-state index in [0.29, 0.717) is 30.8 Å². The molecule has 1 atom stereocenters. The molecule has 1 amide bonds. The molecule has 0 rings (SSSR count). The summed E-state index contributed by atoms with van der Waals surface area (Å²) >= 11 is 0. The summed E-state index contributed by atoms with van der Waals surface area (Å²) in [6.07, 6.45) is 4.54. The van der Waals surface area contributed by atoms with Crippen molar-refractivity contribution in [2.45, 2.75) is 47.5 Å². The van der Waals surface area contributed by atoms with E-state index >= 15 is 0 Å². The van der Waals surface area contributed by atoms with Crippen molar-refractivity contribution < 1.29 is 13.2 Å². The number of hydrogen-bond donors (Lipinski definition) is 1. The molecule has 6 heteroatoms. The highest BCUT2D eigenvalue weighted by atomic mass is 32.2. The van der Waals surface area contributed by atoms with E-state index < -0.39 is 10.0 Å². The third-order valence-electron chi connectivity index (χ3n) is 4.01. The van der Waals surface area contributed by atoms with Crippen LogP contribution in [0.2, 0.25) is 0 Å². The van der Waals surface area contributed by atoms with Crippen LogP contribution in [0.25, 0.3) is 0 Å². The third-order valence-corrected chi connectivity index (χ3v) is 5.81. The fourth-order valence-electron chi connectivity index (χ4n) is 2.38. The van der Waals surface area contributed by atoms with Crippen LogP contribution in [0.4, 0.5) is 0 Å². The second-order valence-electron chi connectivity index (χ2n) is 7.78. The summed E-state index contributed by atoms with van der Waals surface area (Å²) in [6, 6.07) is 0. The van der Waals surface area contributed by atoms with Gasteiger partial charge in [-0.05, 0) is 42.7 Å². The van der Waals surface area contributed by atoms with Gasteiger partial charge in [0.1, 0.15) is 0 Å². The lowest BCUT2D eigenvalue weighted by Crippen LogP contribution is -2.30. The van der Waals surface area contributed by atoms with Crippen LogP contribution >= 0.6 is 0 Å². The van der Waals surface area contributed by atoms with Crippen molar-refractivity contribution in [3.63, 3.8) is 0 Å². The minimum Gasteiger partial charge on any atom is -0.352 e. The Labute approximate surface area is 160 Å². The molecule has 0 spiro atoms. The number of carbonyl (C=O) groups is 1. The average Bonchev–Trinajstić information content (AvgIpc) is 2.53. The standard InChI is InChI=1S/C20H36N2O3S/c1-15(2)11-12-22(8)26(24,25)19(7)10-9-18(6)20(23)21-14-17(5)13-16(3)4/h9-10,15-17H,6-7,11-14H2,1-5,8H3,(H,21,23). The maximum Gasteiger partial charge on any atom is 0.250 e. The van der Waals surface area contributed by atoms with Crippen LogP contribution in [0, 0.1) is 17.8 Å². The first-order valence-electron chi connectivity index (χ1n) is 9.18. The highest BCUT2D eigenvalue weighted by Gasteiger charge is 2.20. The van der Waals surface area contributed by atoms with E-state index in [9.17, 15) is 13.2 Å². The Hall–Kier alpha value is -1.40. The first-order chi connectivity index (χ1) is 11.9. The molecule has 1 unspecified atom stereocenters. The van der Waals surface area contributed by atoms with Crippen molar-refractivity contribution >= 4 is 15.9 Å². The minimum absolute atomic E-state index is 0.0501. The molecule has 0 aliphatic heterocycles. The molecular weight excluding hydrogens is 348 g/mol. The number of nitrogens with one attached hydrogen (secondary N) is 1. The number of nitrogens with zero attached hydrogens (tertiary/aromatic N) is 1. The van der Waals surface area contributed by atoms with E-state index in [1.54, 1.807) is 0 Å². The van der Waals surface area contributed by atoms with Crippen molar-refractivity contribution in [3.8, 4) is 0 Å². The molecule has 0 radical (unpaired) electrons. The lowest BCUT2D eigenvalue weighted by molar-refractivity contribution is -0.117. The Morgan fingerprint density at radius 3 is 2.15 bits per heavy atom. The SMILES string of the molecule is C=C(C=CC(=C)S(=O)(=O)N(C)CCC(C)C)C(=O)NCC(C)CC(C)C. The van der Waals surface area contributed by atoms with Crippen LogP contribution < -0.4 is 5.32 Å². The number of allylic oxidation sites excluding steroid dienone is 1. The topological polar surface area (TPSA) is 66.5 Å². The van der Waals surface area contributed by atoms with Gasteiger partial charge in [0.15, 0.2) is 0 Å². The molecule has 150 valence electrons. The summed E-state index contributed by atoms with van der Waals surface area (Å²) in [5.41, 5.74) is 0.211. The van der Waals surface area contributed by atoms with Crippen LogP contribution in [-0.4, -0.2) is 38.8 Å². The van der Waals surface area contributed by atoms with E-state index in [4.69, 9.17) is 0 Å². The quantitative estimate of drug-likeness (QED) is 0.412. The van der Waals surface area contributed by atoms with Crippen molar-refractivity contribution in [2.24, 2.45) is 17.8 Å². The van der Waals surface area contributed by atoms with Crippen LogP contribution in [0.15, 0.2) is 35.8 Å². The van der Waals surface area contributed by atoms with Gasteiger partial charge in [-0.3, -0.25) is 4.79 Å². The molecule has 0 aromatic heterocycles. The van der Waals surface area contributed by atoms with Crippen LogP contribution in [0.1, 0.15) is 47.5 Å². The van der Waals surface area contributed by atoms with E-state index in [-0.39, 0.29) is 16.4 Å². The maximum atomic E-state index is 12.4. The molecule has 26 heavy (non-hydrogen) atoms. The van der Waals surface area contributed by atoms with Crippen LogP contribution in [0.3, 0.4) is 0 Å². The molecule has 0 saturated heterocycles. The summed E-state index contributed by atoms with van der Waals surface area (Å²) in [4.78, 5) is 12.0. The summed E-state index contributed by atoms with van der Waals surface area (Å²) < 4.78 is 26.1.